The molecule has 1 rings (SSSR count). The number of benzene rings is 1. The number of halogens is 3. The van der Waals surface area contributed by atoms with E-state index >= 15 is 0 Å². The van der Waals surface area contributed by atoms with Crippen LogP contribution in [-0.2, 0) is 11.0 Å². The van der Waals surface area contributed by atoms with Crippen molar-refractivity contribution in [1.82, 2.24) is 0 Å². The summed E-state index contributed by atoms with van der Waals surface area (Å²) in [5.41, 5.74) is -0.800. The van der Waals surface area contributed by atoms with E-state index in [1.807, 2.05) is 0 Å². The van der Waals surface area contributed by atoms with Crippen LogP contribution in [0.4, 0.5) is 18.9 Å². The number of alkyl halides is 3. The van der Waals surface area contributed by atoms with Gasteiger partial charge in [0.05, 0.1) is 17.2 Å². The van der Waals surface area contributed by atoms with E-state index < -0.39 is 17.3 Å². The molecule has 0 spiro atoms. The summed E-state index contributed by atoms with van der Waals surface area (Å²) in [4.78, 5) is 11.3. The lowest BCUT2D eigenvalue weighted by Gasteiger charge is -2.12. The van der Waals surface area contributed by atoms with Gasteiger partial charge >= 0.3 is 6.18 Å². The molecule has 0 unspecified atom stereocenters. The Kier molecular flexibility index (Phi) is 4.92. The predicted octanol–water partition coefficient (Wildman–Crippen LogP) is 3.52. The Hall–Kier alpha value is -2.29. The Morgan fingerprint density at radius 1 is 1.45 bits per heavy atom. The molecule has 0 amide bonds. The van der Waals surface area contributed by atoms with Crippen molar-refractivity contribution in [3.8, 4) is 6.07 Å². The zero-order valence-electron chi connectivity index (χ0n) is 10.8. The second-order valence-corrected chi connectivity index (χ2v) is 4.25. The highest BCUT2D eigenvalue weighted by atomic mass is 19.4. The summed E-state index contributed by atoms with van der Waals surface area (Å²) < 4.78 is 38.2. The van der Waals surface area contributed by atoms with E-state index in [2.05, 4.69) is 11.9 Å². The summed E-state index contributed by atoms with van der Waals surface area (Å²) in [5.74, 6) is -0.151. The first-order chi connectivity index (χ1) is 9.25. The van der Waals surface area contributed by atoms with Crippen LogP contribution in [0.25, 0.3) is 0 Å². The second-order valence-electron chi connectivity index (χ2n) is 4.25. The van der Waals surface area contributed by atoms with Gasteiger partial charge in [-0.1, -0.05) is 6.58 Å². The summed E-state index contributed by atoms with van der Waals surface area (Å²) in [6.07, 6.45) is -4.44. The van der Waals surface area contributed by atoms with E-state index in [-0.39, 0.29) is 24.4 Å². The smallest absolute Gasteiger partial charge is 0.385 e. The largest absolute Gasteiger partial charge is 0.417 e. The Bertz CT molecular complexity index is 571. The fraction of sp³-hybridized carbons (Fsp3) is 0.286. The maximum Gasteiger partial charge on any atom is 0.417 e. The number of hydrogen-bond acceptors (Lipinski definition) is 3. The number of anilines is 1. The van der Waals surface area contributed by atoms with Crippen molar-refractivity contribution in [3.63, 3.8) is 0 Å². The maximum absolute atomic E-state index is 12.7. The van der Waals surface area contributed by atoms with Gasteiger partial charge in [-0.05, 0) is 30.7 Å². The maximum atomic E-state index is 12.7. The summed E-state index contributed by atoms with van der Waals surface area (Å²) in [7, 11) is 0. The molecule has 1 aromatic rings. The third-order valence-corrected chi connectivity index (χ3v) is 2.60. The molecule has 0 bridgehead atoms. The van der Waals surface area contributed by atoms with Gasteiger partial charge in [0.15, 0.2) is 5.78 Å². The van der Waals surface area contributed by atoms with E-state index in [4.69, 9.17) is 5.26 Å². The van der Waals surface area contributed by atoms with Crippen LogP contribution < -0.4 is 5.32 Å². The predicted molar refractivity (Wildman–Crippen MR) is 69.1 cm³/mol. The van der Waals surface area contributed by atoms with Crippen molar-refractivity contribution >= 4 is 11.5 Å². The average molecular weight is 282 g/mol. The number of rotatable bonds is 5. The lowest BCUT2D eigenvalue weighted by Crippen LogP contribution is -2.11. The van der Waals surface area contributed by atoms with Crippen LogP contribution in [0.1, 0.15) is 24.5 Å². The van der Waals surface area contributed by atoms with Gasteiger partial charge in [-0.25, -0.2) is 0 Å². The van der Waals surface area contributed by atoms with E-state index in [0.717, 1.165) is 12.1 Å². The third-order valence-electron chi connectivity index (χ3n) is 2.60. The molecule has 0 heterocycles. The highest BCUT2D eigenvalue weighted by Gasteiger charge is 2.33. The monoisotopic (exact) mass is 282 g/mol. The van der Waals surface area contributed by atoms with Crippen LogP contribution in [0.2, 0.25) is 0 Å². The standard InChI is InChI=1S/C14H13F3N2O/c1-9(2)13(20)5-6-19-11-4-3-10(8-18)12(7-11)14(15,16)17/h3-4,7,19H,1,5-6H2,2H3. The zero-order valence-corrected chi connectivity index (χ0v) is 10.8. The minimum atomic E-state index is -4.59. The van der Waals surface area contributed by atoms with Gasteiger partial charge in [0.2, 0.25) is 0 Å². The van der Waals surface area contributed by atoms with Crippen molar-refractivity contribution in [1.29, 1.82) is 5.26 Å². The van der Waals surface area contributed by atoms with Gasteiger partial charge in [-0.3, -0.25) is 4.79 Å². The van der Waals surface area contributed by atoms with E-state index in [9.17, 15) is 18.0 Å². The van der Waals surface area contributed by atoms with Crippen molar-refractivity contribution < 1.29 is 18.0 Å². The molecule has 0 saturated heterocycles. The number of nitrogens with zero attached hydrogens (tertiary/aromatic N) is 1. The molecule has 1 aromatic carbocycles. The summed E-state index contributed by atoms with van der Waals surface area (Å²) in [5, 5.41) is 11.4. The molecule has 1 N–H and O–H groups in total. The second kappa shape index (κ2) is 6.24. The number of hydrogen-bond donors (Lipinski definition) is 1. The first-order valence-corrected chi connectivity index (χ1v) is 5.79. The molecular formula is C14H13F3N2O. The van der Waals surface area contributed by atoms with E-state index in [1.165, 1.54) is 12.1 Å². The average Bonchev–Trinajstić information content (AvgIpc) is 2.37. The number of carbonyl (C=O) groups excluding carboxylic acids is 1. The van der Waals surface area contributed by atoms with E-state index in [1.54, 1.807) is 6.92 Å². The molecule has 0 aliphatic carbocycles. The minimum Gasteiger partial charge on any atom is -0.385 e. The molecular weight excluding hydrogens is 269 g/mol. The minimum absolute atomic E-state index is 0.149. The summed E-state index contributed by atoms with van der Waals surface area (Å²) in [6, 6.07) is 4.85. The Morgan fingerprint density at radius 2 is 2.10 bits per heavy atom. The third kappa shape index (κ3) is 4.12. The number of nitrogens with one attached hydrogen (secondary N) is 1. The molecule has 20 heavy (non-hydrogen) atoms. The van der Waals surface area contributed by atoms with Gasteiger partial charge in [0.1, 0.15) is 0 Å². The number of carbonyl (C=O) groups is 1. The SMILES string of the molecule is C=C(C)C(=O)CCNc1ccc(C#N)c(C(F)(F)F)c1. The summed E-state index contributed by atoms with van der Waals surface area (Å²) >= 11 is 0. The molecule has 0 atom stereocenters. The van der Waals surface area contributed by atoms with Gasteiger partial charge < -0.3 is 5.32 Å². The highest BCUT2D eigenvalue weighted by Crippen LogP contribution is 2.33. The molecule has 0 aromatic heterocycles. The first-order valence-electron chi connectivity index (χ1n) is 5.79. The van der Waals surface area contributed by atoms with E-state index in [0.29, 0.717) is 5.57 Å². The first kappa shape index (κ1) is 15.8. The molecule has 3 nitrogen and oxygen atoms in total. The van der Waals surface area contributed by atoms with Crippen LogP contribution >= 0.6 is 0 Å². The molecule has 0 aliphatic rings. The zero-order chi connectivity index (χ0) is 15.3. The van der Waals surface area contributed by atoms with Crippen LogP contribution in [0.3, 0.4) is 0 Å². The number of nitriles is 1. The quantitative estimate of drug-likeness (QED) is 0.841. The molecule has 0 radical (unpaired) electrons. The molecule has 0 saturated carbocycles. The topological polar surface area (TPSA) is 52.9 Å². The van der Waals surface area contributed by atoms with Crippen molar-refractivity contribution in [3.05, 3.63) is 41.5 Å². The molecule has 106 valence electrons. The molecule has 0 aliphatic heterocycles. The Labute approximate surface area is 114 Å². The molecule has 6 heteroatoms. The van der Waals surface area contributed by atoms with Crippen LogP contribution in [-0.4, -0.2) is 12.3 Å². The van der Waals surface area contributed by atoms with Crippen molar-refractivity contribution in [2.75, 3.05) is 11.9 Å². The Balaban J connectivity index is 2.81. The molecule has 0 fully saturated rings. The summed E-state index contributed by atoms with van der Waals surface area (Å²) in [6.45, 7) is 5.27. The van der Waals surface area contributed by atoms with Crippen molar-refractivity contribution in [2.24, 2.45) is 0 Å². The fourth-order valence-electron chi connectivity index (χ4n) is 1.52. The van der Waals surface area contributed by atoms with Crippen LogP contribution in [0.5, 0.6) is 0 Å². The fourth-order valence-corrected chi connectivity index (χ4v) is 1.52. The normalized spacial score (nSPS) is 10.8. The Morgan fingerprint density at radius 3 is 2.60 bits per heavy atom. The number of Topliss-reactive ketones (excluding diaryl/α,β-unsaturated/α-hetero) is 1. The van der Waals surface area contributed by atoms with Gasteiger partial charge in [-0.2, -0.15) is 18.4 Å². The number of allylic oxidation sites excluding steroid dienone is 1. The number of ketones is 1. The van der Waals surface area contributed by atoms with Crippen LogP contribution in [0.15, 0.2) is 30.4 Å². The van der Waals surface area contributed by atoms with Gasteiger partial charge in [0.25, 0.3) is 0 Å². The van der Waals surface area contributed by atoms with Crippen molar-refractivity contribution in [2.45, 2.75) is 19.5 Å². The van der Waals surface area contributed by atoms with Crippen LogP contribution in [0, 0.1) is 11.3 Å². The van der Waals surface area contributed by atoms with Gasteiger partial charge in [0, 0.05) is 18.7 Å². The van der Waals surface area contributed by atoms with Gasteiger partial charge in [-0.15, -0.1) is 0 Å². The lowest BCUT2D eigenvalue weighted by atomic mass is 10.1. The highest BCUT2D eigenvalue weighted by molar-refractivity contribution is 5.94. The lowest BCUT2D eigenvalue weighted by molar-refractivity contribution is -0.137.